The first-order chi connectivity index (χ1) is 8.95. The lowest BCUT2D eigenvalue weighted by atomic mass is 9.87. The first-order valence-electron chi connectivity index (χ1n) is 6.13. The zero-order valence-electron chi connectivity index (χ0n) is 11.0. The molecule has 0 spiro atoms. The molecule has 5 heteroatoms. The van der Waals surface area contributed by atoms with E-state index in [0.717, 1.165) is 22.8 Å². The quantitative estimate of drug-likeness (QED) is 0.861. The van der Waals surface area contributed by atoms with Gasteiger partial charge in [-0.15, -0.1) is 0 Å². The first-order valence-corrected chi connectivity index (χ1v) is 6.51. The van der Waals surface area contributed by atoms with Crippen molar-refractivity contribution in [1.29, 1.82) is 5.26 Å². The number of anilines is 1. The molecule has 0 saturated heterocycles. The molecule has 0 atom stereocenters. The predicted molar refractivity (Wildman–Crippen MR) is 75.3 cm³/mol. The Kier molecular flexibility index (Phi) is 3.68. The van der Waals surface area contributed by atoms with Crippen LogP contribution in [0.1, 0.15) is 19.4 Å². The van der Waals surface area contributed by atoms with Gasteiger partial charge in [0.15, 0.2) is 0 Å². The van der Waals surface area contributed by atoms with Gasteiger partial charge >= 0.3 is 0 Å². The van der Waals surface area contributed by atoms with E-state index >= 15 is 0 Å². The summed E-state index contributed by atoms with van der Waals surface area (Å²) in [5, 5.41) is 11.8. The topological polar surface area (TPSA) is 56.1 Å². The molecule has 1 N–H and O–H groups in total. The predicted octanol–water partition coefficient (Wildman–Crippen LogP) is 2.08. The molecule has 0 saturated carbocycles. The van der Waals surface area contributed by atoms with E-state index in [1.54, 1.807) is 0 Å². The van der Waals surface area contributed by atoms with Crippen molar-refractivity contribution in [3.05, 3.63) is 28.8 Å². The van der Waals surface area contributed by atoms with E-state index in [2.05, 4.69) is 19.2 Å². The summed E-state index contributed by atoms with van der Waals surface area (Å²) in [4.78, 5) is 13.7. The summed E-state index contributed by atoms with van der Waals surface area (Å²) in [5.41, 5.74) is 2.01. The number of nitriles is 1. The van der Waals surface area contributed by atoms with Crippen LogP contribution in [0.2, 0.25) is 5.02 Å². The lowest BCUT2D eigenvalue weighted by Crippen LogP contribution is -2.38. The van der Waals surface area contributed by atoms with E-state index < -0.39 is 0 Å². The van der Waals surface area contributed by atoms with Crippen LogP contribution in [-0.4, -0.2) is 25.5 Å². The van der Waals surface area contributed by atoms with E-state index in [-0.39, 0.29) is 24.4 Å². The maximum atomic E-state index is 11.7. The third kappa shape index (κ3) is 2.66. The maximum Gasteiger partial charge on any atom is 0.240 e. The molecular weight excluding hydrogens is 262 g/mol. The number of amides is 1. The molecule has 19 heavy (non-hydrogen) atoms. The summed E-state index contributed by atoms with van der Waals surface area (Å²) < 4.78 is 0. The highest BCUT2D eigenvalue weighted by molar-refractivity contribution is 6.32. The summed E-state index contributed by atoms with van der Waals surface area (Å²) in [6, 6.07) is 7.64. The second-order valence-electron chi connectivity index (χ2n) is 5.31. The Hall–Kier alpha value is -1.73. The minimum Gasteiger partial charge on any atom is -0.361 e. The number of carbonyl (C=O) groups is 1. The third-order valence-corrected chi connectivity index (χ3v) is 3.61. The van der Waals surface area contributed by atoms with E-state index in [9.17, 15) is 4.79 Å². The highest BCUT2D eigenvalue weighted by Crippen LogP contribution is 2.43. The first kappa shape index (κ1) is 13.7. The number of hydrogen-bond donors (Lipinski definition) is 1. The van der Waals surface area contributed by atoms with Gasteiger partial charge in [-0.1, -0.05) is 31.5 Å². The number of halogens is 1. The van der Waals surface area contributed by atoms with Crippen molar-refractivity contribution in [2.24, 2.45) is 0 Å². The Bertz CT molecular complexity index is 548. The molecule has 0 radical (unpaired) electrons. The highest BCUT2D eigenvalue weighted by atomic mass is 35.5. The van der Waals surface area contributed by atoms with Crippen molar-refractivity contribution in [3.63, 3.8) is 0 Å². The fraction of sp³-hybridized carbons (Fsp3) is 0.429. The van der Waals surface area contributed by atoms with Crippen molar-refractivity contribution < 1.29 is 4.79 Å². The number of rotatable bonds is 3. The molecule has 1 aliphatic heterocycles. The van der Waals surface area contributed by atoms with Crippen LogP contribution in [0.5, 0.6) is 0 Å². The van der Waals surface area contributed by atoms with Crippen molar-refractivity contribution in [2.45, 2.75) is 19.3 Å². The zero-order chi connectivity index (χ0) is 14.0. The Labute approximate surface area is 118 Å². The molecule has 100 valence electrons. The van der Waals surface area contributed by atoms with Crippen molar-refractivity contribution in [1.82, 2.24) is 5.32 Å². The smallest absolute Gasteiger partial charge is 0.240 e. The van der Waals surface area contributed by atoms with Crippen LogP contribution in [0, 0.1) is 11.3 Å². The van der Waals surface area contributed by atoms with Crippen LogP contribution < -0.4 is 10.2 Å². The van der Waals surface area contributed by atoms with E-state index in [0.29, 0.717) is 0 Å². The van der Waals surface area contributed by atoms with Gasteiger partial charge in [0.05, 0.1) is 12.6 Å². The van der Waals surface area contributed by atoms with Gasteiger partial charge in [-0.05, 0) is 12.1 Å². The summed E-state index contributed by atoms with van der Waals surface area (Å²) in [6.45, 7) is 5.26. The fourth-order valence-corrected chi connectivity index (χ4v) is 3.02. The lowest BCUT2D eigenvalue weighted by Gasteiger charge is -2.21. The minimum absolute atomic E-state index is 0.0401. The van der Waals surface area contributed by atoms with Crippen LogP contribution in [0.15, 0.2) is 18.2 Å². The van der Waals surface area contributed by atoms with Gasteiger partial charge in [0.2, 0.25) is 5.91 Å². The van der Waals surface area contributed by atoms with Gasteiger partial charge in [0.25, 0.3) is 0 Å². The van der Waals surface area contributed by atoms with E-state index in [4.69, 9.17) is 16.9 Å². The second kappa shape index (κ2) is 5.10. The average molecular weight is 278 g/mol. The van der Waals surface area contributed by atoms with Gasteiger partial charge in [0, 0.05) is 28.2 Å². The largest absolute Gasteiger partial charge is 0.361 e. The Morgan fingerprint density at radius 2 is 2.32 bits per heavy atom. The zero-order valence-corrected chi connectivity index (χ0v) is 11.8. The Morgan fingerprint density at radius 3 is 3.00 bits per heavy atom. The highest BCUT2D eigenvalue weighted by Gasteiger charge is 2.37. The normalized spacial score (nSPS) is 15.8. The molecule has 0 unspecified atom stereocenters. The number of fused-ring (bicyclic) bond motifs is 1. The molecule has 0 aliphatic carbocycles. The van der Waals surface area contributed by atoms with Crippen LogP contribution in [-0.2, 0) is 10.2 Å². The van der Waals surface area contributed by atoms with Gasteiger partial charge in [-0.3, -0.25) is 4.79 Å². The molecule has 1 heterocycles. The number of nitrogens with zero attached hydrogens (tertiary/aromatic N) is 2. The van der Waals surface area contributed by atoms with Crippen molar-refractivity contribution in [2.75, 3.05) is 24.5 Å². The number of hydrogen-bond acceptors (Lipinski definition) is 3. The van der Waals surface area contributed by atoms with Crippen molar-refractivity contribution in [3.8, 4) is 6.07 Å². The monoisotopic (exact) mass is 277 g/mol. The molecule has 1 amide bonds. The van der Waals surface area contributed by atoms with Crippen LogP contribution in [0.25, 0.3) is 0 Å². The second-order valence-corrected chi connectivity index (χ2v) is 5.72. The Balaban J connectivity index is 2.22. The van der Waals surface area contributed by atoms with Gasteiger partial charge in [0.1, 0.15) is 6.54 Å². The van der Waals surface area contributed by atoms with Crippen LogP contribution in [0.4, 0.5) is 5.69 Å². The van der Waals surface area contributed by atoms with Gasteiger partial charge < -0.3 is 10.2 Å². The molecule has 1 aliphatic rings. The van der Waals surface area contributed by atoms with E-state index in [1.165, 1.54) is 0 Å². The summed E-state index contributed by atoms with van der Waals surface area (Å²) in [6.07, 6.45) is 0. The average Bonchev–Trinajstić information content (AvgIpc) is 2.59. The number of nitrogens with one attached hydrogen (secondary N) is 1. The van der Waals surface area contributed by atoms with Gasteiger partial charge in [-0.25, -0.2) is 0 Å². The summed E-state index contributed by atoms with van der Waals surface area (Å²) >= 11 is 6.27. The van der Waals surface area contributed by atoms with Crippen LogP contribution in [0.3, 0.4) is 0 Å². The molecule has 0 fully saturated rings. The minimum atomic E-state index is -0.148. The summed E-state index contributed by atoms with van der Waals surface area (Å²) in [5.74, 6) is -0.148. The summed E-state index contributed by atoms with van der Waals surface area (Å²) in [7, 11) is 0. The molecule has 0 aromatic heterocycles. The molecule has 4 nitrogen and oxygen atoms in total. The van der Waals surface area contributed by atoms with Crippen molar-refractivity contribution >= 4 is 23.2 Å². The lowest BCUT2D eigenvalue weighted by molar-refractivity contribution is -0.119. The van der Waals surface area contributed by atoms with E-state index in [1.807, 2.05) is 29.2 Å². The number of carbonyl (C=O) groups excluding carboxylic acids is 1. The SMILES string of the molecule is CC1(C)CN(CC(=O)NCC#N)c2cccc(Cl)c21. The van der Waals surface area contributed by atoms with Gasteiger partial charge in [-0.2, -0.15) is 5.26 Å². The van der Waals surface area contributed by atoms with Crippen LogP contribution >= 0.6 is 11.6 Å². The molecule has 2 rings (SSSR count). The Morgan fingerprint density at radius 1 is 1.58 bits per heavy atom. The molecule has 1 aromatic rings. The molecular formula is C14H16ClN3O. The molecule has 0 bridgehead atoms. The standard InChI is InChI=1S/C14H16ClN3O/c1-14(2)9-18(8-12(19)17-7-6-16)11-5-3-4-10(15)13(11)14/h3-5H,7-9H2,1-2H3,(H,17,19). The molecule has 1 aromatic carbocycles. The maximum absolute atomic E-state index is 11.7. The fourth-order valence-electron chi connectivity index (χ4n) is 2.60. The number of benzene rings is 1. The third-order valence-electron chi connectivity index (χ3n) is 3.29.